The number of carbonyl (C=O) groups is 2. The fourth-order valence-corrected chi connectivity index (χ4v) is 3.90. The van der Waals surface area contributed by atoms with Gasteiger partial charge in [-0.05, 0) is 17.9 Å². The standard InChI is InChI=1S/C19H23N3O2S/c1-13(2)18(14-7-4-3-5-8-14)21-16(23)11-15-12-25-19(20-15)22-10-6-9-17(22)24/h3-5,7-8,12-13,18H,6,9-11H2,1-2H3,(H,21,23). The Morgan fingerprint density at radius 3 is 2.72 bits per heavy atom. The second-order valence-corrected chi connectivity index (χ2v) is 7.48. The molecule has 1 atom stereocenters. The fourth-order valence-electron chi connectivity index (χ4n) is 3.04. The lowest BCUT2D eigenvalue weighted by Gasteiger charge is -2.22. The molecule has 0 aliphatic carbocycles. The predicted octanol–water partition coefficient (Wildman–Crippen LogP) is 3.33. The summed E-state index contributed by atoms with van der Waals surface area (Å²) in [6.07, 6.45) is 1.69. The van der Waals surface area contributed by atoms with E-state index in [4.69, 9.17) is 0 Å². The molecule has 1 aromatic carbocycles. The third-order valence-electron chi connectivity index (χ3n) is 4.33. The molecule has 3 rings (SSSR count). The zero-order chi connectivity index (χ0) is 17.8. The molecule has 1 fully saturated rings. The van der Waals surface area contributed by atoms with Crippen molar-refractivity contribution in [3.63, 3.8) is 0 Å². The third-order valence-corrected chi connectivity index (χ3v) is 5.24. The number of hydrogen-bond donors (Lipinski definition) is 1. The van der Waals surface area contributed by atoms with Crippen LogP contribution in [0.15, 0.2) is 35.7 Å². The van der Waals surface area contributed by atoms with Crippen molar-refractivity contribution < 1.29 is 9.59 Å². The fraction of sp³-hybridized carbons (Fsp3) is 0.421. The number of aromatic nitrogens is 1. The zero-order valence-corrected chi connectivity index (χ0v) is 15.4. The van der Waals surface area contributed by atoms with Crippen LogP contribution in [0.25, 0.3) is 0 Å². The number of hydrogen-bond acceptors (Lipinski definition) is 4. The molecule has 1 N–H and O–H groups in total. The number of amides is 2. The van der Waals surface area contributed by atoms with Crippen molar-refractivity contribution in [1.29, 1.82) is 0 Å². The second kappa shape index (κ2) is 7.78. The Kier molecular flexibility index (Phi) is 5.48. The lowest BCUT2D eigenvalue weighted by Crippen LogP contribution is -2.33. The number of anilines is 1. The molecule has 132 valence electrons. The van der Waals surface area contributed by atoms with Crippen LogP contribution in [0, 0.1) is 5.92 Å². The van der Waals surface area contributed by atoms with Gasteiger partial charge in [0.2, 0.25) is 11.8 Å². The van der Waals surface area contributed by atoms with E-state index in [0.29, 0.717) is 23.2 Å². The minimum Gasteiger partial charge on any atom is -0.349 e. The van der Waals surface area contributed by atoms with Crippen molar-refractivity contribution in [1.82, 2.24) is 10.3 Å². The average molecular weight is 357 g/mol. The van der Waals surface area contributed by atoms with Crippen LogP contribution in [0.4, 0.5) is 5.13 Å². The minimum atomic E-state index is -0.0489. The summed E-state index contributed by atoms with van der Waals surface area (Å²) in [5.41, 5.74) is 1.82. The minimum absolute atomic E-state index is 0.0213. The number of nitrogens with zero attached hydrogens (tertiary/aromatic N) is 2. The first-order chi connectivity index (χ1) is 12.0. The van der Waals surface area contributed by atoms with Crippen molar-refractivity contribution >= 4 is 28.3 Å². The van der Waals surface area contributed by atoms with Crippen LogP contribution in [0.1, 0.15) is 44.0 Å². The van der Waals surface area contributed by atoms with Crippen LogP contribution >= 0.6 is 11.3 Å². The van der Waals surface area contributed by atoms with Crippen LogP contribution in [-0.4, -0.2) is 23.3 Å². The number of carbonyl (C=O) groups excluding carboxylic acids is 2. The summed E-state index contributed by atoms with van der Waals surface area (Å²) in [5, 5.41) is 5.68. The molecule has 2 aromatic rings. The van der Waals surface area contributed by atoms with Crippen LogP contribution < -0.4 is 10.2 Å². The SMILES string of the molecule is CC(C)C(NC(=O)Cc1csc(N2CCCC2=O)n1)c1ccccc1. The molecule has 0 bridgehead atoms. The molecular formula is C19H23N3O2S. The van der Waals surface area contributed by atoms with Crippen LogP contribution in [0.2, 0.25) is 0 Å². The average Bonchev–Trinajstić information content (AvgIpc) is 3.22. The summed E-state index contributed by atoms with van der Waals surface area (Å²) in [4.78, 5) is 30.5. The van der Waals surface area contributed by atoms with Gasteiger partial charge in [0.05, 0.1) is 18.2 Å². The molecule has 5 nitrogen and oxygen atoms in total. The van der Waals surface area contributed by atoms with Crippen LogP contribution in [-0.2, 0) is 16.0 Å². The Bertz CT molecular complexity index is 742. The maximum Gasteiger partial charge on any atom is 0.228 e. The van der Waals surface area contributed by atoms with E-state index in [-0.39, 0.29) is 24.3 Å². The molecule has 1 aliphatic heterocycles. The topological polar surface area (TPSA) is 62.3 Å². The first-order valence-corrected chi connectivity index (χ1v) is 9.51. The summed E-state index contributed by atoms with van der Waals surface area (Å²) in [5.74, 6) is 0.362. The monoisotopic (exact) mass is 357 g/mol. The largest absolute Gasteiger partial charge is 0.349 e. The van der Waals surface area contributed by atoms with E-state index < -0.39 is 0 Å². The molecular weight excluding hydrogens is 334 g/mol. The van der Waals surface area contributed by atoms with Gasteiger partial charge < -0.3 is 5.32 Å². The normalized spacial score (nSPS) is 15.6. The highest BCUT2D eigenvalue weighted by Gasteiger charge is 2.25. The number of thiazole rings is 1. The summed E-state index contributed by atoms with van der Waals surface area (Å²) in [6, 6.07) is 9.98. The Morgan fingerprint density at radius 1 is 1.32 bits per heavy atom. The maximum absolute atomic E-state index is 12.5. The zero-order valence-electron chi connectivity index (χ0n) is 14.6. The van der Waals surface area contributed by atoms with Crippen molar-refractivity contribution in [3.8, 4) is 0 Å². The van der Waals surface area contributed by atoms with Gasteiger partial charge in [0, 0.05) is 18.3 Å². The van der Waals surface area contributed by atoms with Gasteiger partial charge in [-0.1, -0.05) is 44.2 Å². The van der Waals surface area contributed by atoms with E-state index in [1.54, 1.807) is 4.90 Å². The predicted molar refractivity (Wildman–Crippen MR) is 99.6 cm³/mol. The first-order valence-electron chi connectivity index (χ1n) is 8.63. The second-order valence-electron chi connectivity index (χ2n) is 6.65. The van der Waals surface area contributed by atoms with Crippen LogP contribution in [0.3, 0.4) is 0 Å². The summed E-state index contributed by atoms with van der Waals surface area (Å²) in [6.45, 7) is 4.91. The molecule has 0 saturated carbocycles. The van der Waals surface area contributed by atoms with E-state index >= 15 is 0 Å². The highest BCUT2D eigenvalue weighted by molar-refractivity contribution is 7.14. The van der Waals surface area contributed by atoms with Crippen molar-refractivity contribution in [2.45, 2.75) is 39.2 Å². The van der Waals surface area contributed by atoms with Crippen molar-refractivity contribution in [3.05, 3.63) is 47.0 Å². The molecule has 0 spiro atoms. The molecule has 6 heteroatoms. The van der Waals surface area contributed by atoms with Gasteiger partial charge in [0.1, 0.15) is 0 Å². The summed E-state index contributed by atoms with van der Waals surface area (Å²) < 4.78 is 0. The van der Waals surface area contributed by atoms with E-state index in [1.165, 1.54) is 11.3 Å². The molecule has 2 amide bonds. The number of rotatable bonds is 6. The lowest BCUT2D eigenvalue weighted by molar-refractivity contribution is -0.121. The highest BCUT2D eigenvalue weighted by Crippen LogP contribution is 2.26. The van der Waals surface area contributed by atoms with E-state index in [0.717, 1.165) is 18.5 Å². The number of nitrogens with one attached hydrogen (secondary N) is 1. The molecule has 1 unspecified atom stereocenters. The van der Waals surface area contributed by atoms with Gasteiger partial charge >= 0.3 is 0 Å². The third kappa shape index (κ3) is 4.25. The van der Waals surface area contributed by atoms with Crippen LogP contribution in [0.5, 0.6) is 0 Å². The van der Waals surface area contributed by atoms with E-state index in [1.807, 2.05) is 35.7 Å². The van der Waals surface area contributed by atoms with Gasteiger partial charge in [-0.25, -0.2) is 4.98 Å². The van der Waals surface area contributed by atoms with E-state index in [9.17, 15) is 9.59 Å². The molecule has 25 heavy (non-hydrogen) atoms. The molecule has 1 aromatic heterocycles. The Morgan fingerprint density at radius 2 is 2.08 bits per heavy atom. The maximum atomic E-state index is 12.5. The number of benzene rings is 1. The Labute approximate surface area is 152 Å². The lowest BCUT2D eigenvalue weighted by atomic mass is 9.96. The Hall–Kier alpha value is -2.21. The van der Waals surface area contributed by atoms with Crippen molar-refractivity contribution in [2.75, 3.05) is 11.4 Å². The first kappa shape index (κ1) is 17.6. The highest BCUT2D eigenvalue weighted by atomic mass is 32.1. The van der Waals surface area contributed by atoms with E-state index in [2.05, 4.69) is 24.1 Å². The summed E-state index contributed by atoms with van der Waals surface area (Å²) in [7, 11) is 0. The van der Waals surface area contributed by atoms with Gasteiger partial charge in [-0.3, -0.25) is 14.5 Å². The van der Waals surface area contributed by atoms with Gasteiger partial charge in [0.25, 0.3) is 0 Å². The smallest absolute Gasteiger partial charge is 0.228 e. The molecule has 0 radical (unpaired) electrons. The van der Waals surface area contributed by atoms with Gasteiger partial charge in [-0.15, -0.1) is 11.3 Å². The van der Waals surface area contributed by atoms with Gasteiger partial charge in [-0.2, -0.15) is 0 Å². The molecule has 1 saturated heterocycles. The quantitative estimate of drug-likeness (QED) is 0.862. The summed E-state index contributed by atoms with van der Waals surface area (Å²) >= 11 is 1.43. The molecule has 1 aliphatic rings. The Balaban J connectivity index is 1.64. The van der Waals surface area contributed by atoms with Crippen molar-refractivity contribution in [2.24, 2.45) is 5.92 Å². The van der Waals surface area contributed by atoms with Gasteiger partial charge in [0.15, 0.2) is 5.13 Å². The molecule has 2 heterocycles.